The topological polar surface area (TPSA) is 60.4 Å². The first-order chi connectivity index (χ1) is 6.74. The van der Waals surface area contributed by atoms with Crippen LogP contribution in [0.4, 0.5) is 5.82 Å². The van der Waals surface area contributed by atoms with E-state index in [4.69, 9.17) is 11.6 Å². The van der Waals surface area contributed by atoms with Crippen LogP contribution in [0.3, 0.4) is 0 Å². The Bertz CT molecular complexity index is 494. The van der Waals surface area contributed by atoms with Gasteiger partial charge in [-0.05, 0) is 11.0 Å². The Morgan fingerprint density at radius 1 is 1.57 bits per heavy atom. The Kier molecular flexibility index (Phi) is 2.09. The molecule has 0 atom stereocenters. The maximum Gasteiger partial charge on any atom is 0.352 e. The van der Waals surface area contributed by atoms with Crippen molar-refractivity contribution in [1.29, 1.82) is 0 Å². The van der Waals surface area contributed by atoms with Gasteiger partial charge in [0.15, 0.2) is 5.69 Å². The molecular formula is C8H6ClN3O2. The van der Waals surface area contributed by atoms with Crippen molar-refractivity contribution in [1.82, 2.24) is 9.38 Å². The van der Waals surface area contributed by atoms with Gasteiger partial charge in [0.2, 0.25) is 5.65 Å². The van der Waals surface area contributed by atoms with Crippen LogP contribution >= 0.6 is 11.6 Å². The second-order valence-electron chi connectivity index (χ2n) is 2.70. The van der Waals surface area contributed by atoms with Gasteiger partial charge in [-0.15, -0.1) is 11.6 Å². The number of imidazole rings is 1. The van der Waals surface area contributed by atoms with E-state index in [-0.39, 0.29) is 11.7 Å². The Balaban J connectivity index is 2.81. The van der Waals surface area contributed by atoms with E-state index in [0.29, 0.717) is 11.3 Å². The molecule has 2 rings (SSSR count). The first-order valence-corrected chi connectivity index (χ1v) is 4.44. The molecule has 0 amide bonds. The third-order valence-corrected chi connectivity index (χ3v) is 2.13. The molecule has 0 saturated heterocycles. The fourth-order valence-corrected chi connectivity index (χ4v) is 1.49. The van der Waals surface area contributed by atoms with Gasteiger partial charge in [0.1, 0.15) is 0 Å². The third-order valence-electron chi connectivity index (χ3n) is 1.87. The molecule has 0 spiro atoms. The zero-order chi connectivity index (χ0) is 10.1. The lowest BCUT2D eigenvalue weighted by atomic mass is 10.5. The molecule has 72 valence electrons. The highest BCUT2D eigenvalue weighted by atomic mass is 35.5. The van der Waals surface area contributed by atoms with E-state index < -0.39 is 4.92 Å². The largest absolute Gasteiger partial charge is 0.358 e. The summed E-state index contributed by atoms with van der Waals surface area (Å²) in [6.07, 6.45) is 1.59. The SMILES string of the molecule is O=[N+]([O-])c1c(CCl)nc2ccccn12. The van der Waals surface area contributed by atoms with Gasteiger partial charge in [0, 0.05) is 6.07 Å². The number of hydrogen-bond acceptors (Lipinski definition) is 3. The highest BCUT2D eigenvalue weighted by Gasteiger charge is 2.20. The summed E-state index contributed by atoms with van der Waals surface area (Å²) in [7, 11) is 0. The van der Waals surface area contributed by atoms with Crippen molar-refractivity contribution in [3.05, 3.63) is 40.2 Å². The fraction of sp³-hybridized carbons (Fsp3) is 0.125. The molecule has 2 aromatic heterocycles. The van der Waals surface area contributed by atoms with Crippen LogP contribution in [0.2, 0.25) is 0 Å². The Morgan fingerprint density at radius 2 is 2.36 bits per heavy atom. The van der Waals surface area contributed by atoms with Crippen molar-refractivity contribution in [3.63, 3.8) is 0 Å². The fourth-order valence-electron chi connectivity index (χ4n) is 1.31. The molecule has 2 heterocycles. The van der Waals surface area contributed by atoms with E-state index in [1.807, 2.05) is 0 Å². The number of halogens is 1. The molecule has 0 aliphatic heterocycles. The van der Waals surface area contributed by atoms with E-state index in [0.717, 1.165) is 0 Å². The smallest absolute Gasteiger partial charge is 0.352 e. The number of fused-ring (bicyclic) bond motifs is 1. The van der Waals surface area contributed by atoms with Crippen molar-refractivity contribution >= 4 is 23.1 Å². The van der Waals surface area contributed by atoms with E-state index in [1.54, 1.807) is 24.4 Å². The Hall–Kier alpha value is -1.62. The van der Waals surface area contributed by atoms with Gasteiger partial charge in [-0.2, -0.15) is 4.40 Å². The molecule has 2 aromatic rings. The predicted molar refractivity (Wildman–Crippen MR) is 51.4 cm³/mol. The summed E-state index contributed by atoms with van der Waals surface area (Å²) in [5.41, 5.74) is 0.831. The number of nitro groups is 1. The predicted octanol–water partition coefficient (Wildman–Crippen LogP) is 1.98. The molecule has 5 nitrogen and oxygen atoms in total. The molecule has 0 radical (unpaired) electrons. The zero-order valence-electron chi connectivity index (χ0n) is 7.05. The molecule has 0 aromatic carbocycles. The number of hydrogen-bond donors (Lipinski definition) is 0. The highest BCUT2D eigenvalue weighted by Crippen LogP contribution is 2.21. The van der Waals surface area contributed by atoms with Gasteiger partial charge in [0.05, 0.1) is 12.1 Å². The number of pyridine rings is 1. The van der Waals surface area contributed by atoms with Crippen LogP contribution in [0.1, 0.15) is 5.69 Å². The third kappa shape index (κ3) is 1.22. The average molecular weight is 212 g/mol. The number of rotatable bonds is 2. The van der Waals surface area contributed by atoms with Gasteiger partial charge in [0.25, 0.3) is 0 Å². The molecular weight excluding hydrogens is 206 g/mol. The molecule has 0 bridgehead atoms. The summed E-state index contributed by atoms with van der Waals surface area (Å²) in [5, 5.41) is 10.7. The normalized spacial score (nSPS) is 10.6. The molecule has 0 aliphatic carbocycles. The molecule has 0 saturated carbocycles. The quantitative estimate of drug-likeness (QED) is 0.434. The van der Waals surface area contributed by atoms with E-state index in [1.165, 1.54) is 4.40 Å². The summed E-state index contributed by atoms with van der Waals surface area (Å²) in [4.78, 5) is 14.3. The molecule has 0 unspecified atom stereocenters. The minimum atomic E-state index is -0.474. The number of nitrogens with zero attached hydrogens (tertiary/aromatic N) is 3. The van der Waals surface area contributed by atoms with Crippen LogP contribution in [-0.2, 0) is 5.88 Å². The van der Waals surface area contributed by atoms with Gasteiger partial charge >= 0.3 is 5.82 Å². The molecule has 6 heteroatoms. The lowest BCUT2D eigenvalue weighted by Gasteiger charge is -1.93. The first-order valence-electron chi connectivity index (χ1n) is 3.90. The summed E-state index contributed by atoms with van der Waals surface area (Å²) in [6.45, 7) is 0. The van der Waals surface area contributed by atoms with Crippen LogP contribution < -0.4 is 0 Å². The lowest BCUT2D eigenvalue weighted by Crippen LogP contribution is -1.95. The second kappa shape index (κ2) is 3.26. The maximum atomic E-state index is 10.7. The van der Waals surface area contributed by atoms with Crippen molar-refractivity contribution in [2.45, 2.75) is 5.88 Å². The highest BCUT2D eigenvalue weighted by molar-refractivity contribution is 6.17. The van der Waals surface area contributed by atoms with Crippen molar-refractivity contribution in [2.75, 3.05) is 0 Å². The average Bonchev–Trinajstić information content (AvgIpc) is 2.55. The first kappa shape index (κ1) is 8.96. The van der Waals surface area contributed by atoms with Crippen LogP contribution in [-0.4, -0.2) is 14.3 Å². The van der Waals surface area contributed by atoms with Crippen molar-refractivity contribution < 1.29 is 4.92 Å². The van der Waals surface area contributed by atoms with Gasteiger partial charge in [-0.3, -0.25) is 0 Å². The minimum absolute atomic E-state index is 0.0397. The van der Waals surface area contributed by atoms with Crippen LogP contribution in [0.15, 0.2) is 24.4 Å². The minimum Gasteiger partial charge on any atom is -0.358 e. The number of alkyl halides is 1. The summed E-state index contributed by atoms with van der Waals surface area (Å²) >= 11 is 5.57. The molecule has 0 aliphatic rings. The lowest BCUT2D eigenvalue weighted by molar-refractivity contribution is -0.391. The van der Waals surface area contributed by atoms with E-state index >= 15 is 0 Å². The van der Waals surface area contributed by atoms with Crippen molar-refractivity contribution in [3.8, 4) is 0 Å². The van der Waals surface area contributed by atoms with Crippen LogP contribution in [0.5, 0.6) is 0 Å². The summed E-state index contributed by atoms with van der Waals surface area (Å²) in [6, 6.07) is 5.17. The summed E-state index contributed by atoms with van der Waals surface area (Å²) in [5.74, 6) is -0.0200. The van der Waals surface area contributed by atoms with E-state index in [9.17, 15) is 10.1 Å². The second-order valence-corrected chi connectivity index (χ2v) is 2.97. The molecule has 0 N–H and O–H groups in total. The molecule has 0 fully saturated rings. The van der Waals surface area contributed by atoms with Gasteiger partial charge in [-0.25, -0.2) is 4.98 Å². The standard InChI is InChI=1S/C8H6ClN3O2/c9-5-6-8(12(13)14)11-4-2-1-3-7(11)10-6/h1-4H,5H2. The zero-order valence-corrected chi connectivity index (χ0v) is 7.81. The summed E-state index contributed by atoms with van der Waals surface area (Å²) < 4.78 is 1.41. The Labute approximate surface area is 84.1 Å². The molecule has 14 heavy (non-hydrogen) atoms. The van der Waals surface area contributed by atoms with Crippen molar-refractivity contribution in [2.24, 2.45) is 0 Å². The maximum absolute atomic E-state index is 10.7. The Morgan fingerprint density at radius 3 is 3.00 bits per heavy atom. The van der Waals surface area contributed by atoms with Crippen LogP contribution in [0, 0.1) is 10.1 Å². The monoisotopic (exact) mass is 211 g/mol. The van der Waals surface area contributed by atoms with Gasteiger partial charge < -0.3 is 10.1 Å². The van der Waals surface area contributed by atoms with Crippen LogP contribution in [0.25, 0.3) is 5.65 Å². The number of aromatic nitrogens is 2. The van der Waals surface area contributed by atoms with E-state index in [2.05, 4.69) is 4.98 Å². The van der Waals surface area contributed by atoms with Gasteiger partial charge in [-0.1, -0.05) is 6.07 Å².